The molecule has 0 radical (unpaired) electrons. The average Bonchev–Trinajstić information content (AvgIpc) is 2.29. The van der Waals surface area contributed by atoms with E-state index in [0.29, 0.717) is 11.4 Å². The standard InChI is InChI=1S/C13H16N2O3/c1-8-3-4-10(14)7-11(8)9(2)15-12(16)5-6-13(17)18/h3-4,7H,2,5-6,14H2,1H3,(H,15,16)(H,17,18). The number of anilines is 1. The van der Waals surface area contributed by atoms with Crippen molar-refractivity contribution >= 4 is 23.3 Å². The van der Waals surface area contributed by atoms with Gasteiger partial charge in [-0.3, -0.25) is 9.59 Å². The van der Waals surface area contributed by atoms with Crippen LogP contribution in [0.15, 0.2) is 24.8 Å². The highest BCUT2D eigenvalue weighted by Crippen LogP contribution is 2.18. The van der Waals surface area contributed by atoms with Crippen LogP contribution in [0.3, 0.4) is 0 Å². The molecule has 0 heterocycles. The maximum atomic E-state index is 11.5. The van der Waals surface area contributed by atoms with Crippen LogP contribution in [0.1, 0.15) is 24.0 Å². The van der Waals surface area contributed by atoms with Gasteiger partial charge in [-0.1, -0.05) is 12.6 Å². The number of carboxylic acid groups (broad SMARTS) is 1. The van der Waals surface area contributed by atoms with E-state index in [2.05, 4.69) is 11.9 Å². The van der Waals surface area contributed by atoms with E-state index in [1.807, 2.05) is 13.0 Å². The Labute approximate surface area is 105 Å². The fourth-order valence-electron chi connectivity index (χ4n) is 1.48. The second-order valence-corrected chi connectivity index (χ2v) is 3.99. The third-order valence-corrected chi connectivity index (χ3v) is 2.44. The highest BCUT2D eigenvalue weighted by Gasteiger charge is 2.09. The topological polar surface area (TPSA) is 92.4 Å². The fraction of sp³-hybridized carbons (Fsp3) is 0.231. The maximum Gasteiger partial charge on any atom is 0.303 e. The number of hydrogen-bond acceptors (Lipinski definition) is 3. The molecule has 1 rings (SSSR count). The number of rotatable bonds is 5. The monoisotopic (exact) mass is 248 g/mol. The Balaban J connectivity index is 2.68. The Morgan fingerprint density at radius 1 is 1.39 bits per heavy atom. The molecule has 0 atom stereocenters. The lowest BCUT2D eigenvalue weighted by molar-refractivity contribution is -0.138. The van der Waals surface area contributed by atoms with Crippen molar-refractivity contribution in [3.63, 3.8) is 0 Å². The molecule has 4 N–H and O–H groups in total. The number of aryl methyl sites for hydroxylation is 1. The molecule has 0 aliphatic heterocycles. The molecule has 1 aromatic rings. The molecule has 5 heteroatoms. The van der Waals surface area contributed by atoms with Gasteiger partial charge >= 0.3 is 5.97 Å². The highest BCUT2D eigenvalue weighted by atomic mass is 16.4. The Bertz CT molecular complexity index is 495. The van der Waals surface area contributed by atoms with Crippen LogP contribution in [0.2, 0.25) is 0 Å². The second-order valence-electron chi connectivity index (χ2n) is 3.99. The number of nitrogens with one attached hydrogen (secondary N) is 1. The molecule has 0 bridgehead atoms. The van der Waals surface area contributed by atoms with Gasteiger partial charge in [0.15, 0.2) is 0 Å². The zero-order chi connectivity index (χ0) is 13.7. The van der Waals surface area contributed by atoms with E-state index in [1.165, 1.54) is 0 Å². The summed E-state index contributed by atoms with van der Waals surface area (Å²) >= 11 is 0. The highest BCUT2D eigenvalue weighted by molar-refractivity contribution is 5.88. The predicted molar refractivity (Wildman–Crippen MR) is 69.6 cm³/mol. The van der Waals surface area contributed by atoms with E-state index in [4.69, 9.17) is 10.8 Å². The van der Waals surface area contributed by atoms with Crippen molar-refractivity contribution in [3.8, 4) is 0 Å². The van der Waals surface area contributed by atoms with Crippen molar-refractivity contribution in [2.24, 2.45) is 0 Å². The van der Waals surface area contributed by atoms with Gasteiger partial charge in [0.2, 0.25) is 5.91 Å². The molecule has 0 unspecified atom stereocenters. The summed E-state index contributed by atoms with van der Waals surface area (Å²) in [7, 11) is 0. The van der Waals surface area contributed by atoms with Crippen LogP contribution in [-0.2, 0) is 9.59 Å². The first-order chi connectivity index (χ1) is 8.40. The van der Waals surface area contributed by atoms with E-state index >= 15 is 0 Å². The Hall–Kier alpha value is -2.30. The zero-order valence-electron chi connectivity index (χ0n) is 10.2. The van der Waals surface area contributed by atoms with Crippen LogP contribution in [-0.4, -0.2) is 17.0 Å². The molecule has 0 aliphatic rings. The van der Waals surface area contributed by atoms with Crippen molar-refractivity contribution in [1.29, 1.82) is 0 Å². The fourth-order valence-corrected chi connectivity index (χ4v) is 1.48. The molecule has 5 nitrogen and oxygen atoms in total. The molecule has 0 spiro atoms. The van der Waals surface area contributed by atoms with Gasteiger partial charge in [0.1, 0.15) is 0 Å². The summed E-state index contributed by atoms with van der Waals surface area (Å²) in [6.07, 6.45) is -0.273. The lowest BCUT2D eigenvalue weighted by Crippen LogP contribution is -2.22. The lowest BCUT2D eigenvalue weighted by atomic mass is 10.1. The number of aliphatic carboxylic acids is 1. The minimum atomic E-state index is -1.00. The Morgan fingerprint density at radius 2 is 2.06 bits per heavy atom. The van der Waals surface area contributed by atoms with Crippen LogP contribution in [0, 0.1) is 6.92 Å². The van der Waals surface area contributed by atoms with E-state index in [0.717, 1.165) is 11.1 Å². The molecule has 0 fully saturated rings. The minimum Gasteiger partial charge on any atom is -0.481 e. The maximum absolute atomic E-state index is 11.5. The molecular formula is C13H16N2O3. The Kier molecular flexibility index (Phi) is 4.48. The molecule has 1 amide bonds. The van der Waals surface area contributed by atoms with E-state index in [1.54, 1.807) is 12.1 Å². The number of carboxylic acids is 1. The molecule has 0 aromatic heterocycles. The summed E-state index contributed by atoms with van der Waals surface area (Å²) in [5, 5.41) is 11.0. The summed E-state index contributed by atoms with van der Waals surface area (Å²) < 4.78 is 0. The summed E-state index contributed by atoms with van der Waals surface area (Å²) in [4.78, 5) is 21.8. The number of hydrogen-bond donors (Lipinski definition) is 3. The summed E-state index contributed by atoms with van der Waals surface area (Å²) in [5.74, 6) is -1.37. The van der Waals surface area contributed by atoms with Gasteiger partial charge in [-0.15, -0.1) is 0 Å². The number of nitrogen functional groups attached to an aromatic ring is 1. The molecule has 18 heavy (non-hydrogen) atoms. The van der Waals surface area contributed by atoms with E-state index in [-0.39, 0.29) is 18.7 Å². The summed E-state index contributed by atoms with van der Waals surface area (Å²) in [6, 6.07) is 5.31. The van der Waals surface area contributed by atoms with Crippen LogP contribution >= 0.6 is 0 Å². The van der Waals surface area contributed by atoms with Crippen molar-refractivity contribution in [2.45, 2.75) is 19.8 Å². The van der Waals surface area contributed by atoms with Crippen molar-refractivity contribution in [3.05, 3.63) is 35.9 Å². The molecular weight excluding hydrogens is 232 g/mol. The van der Waals surface area contributed by atoms with Gasteiger partial charge in [-0.05, 0) is 24.6 Å². The second kappa shape index (κ2) is 5.86. The van der Waals surface area contributed by atoms with Gasteiger partial charge in [0, 0.05) is 23.4 Å². The minimum absolute atomic E-state index is 0.0737. The van der Waals surface area contributed by atoms with Gasteiger partial charge < -0.3 is 16.2 Å². The van der Waals surface area contributed by atoms with E-state index < -0.39 is 5.97 Å². The molecule has 1 aromatic carbocycles. The number of benzene rings is 1. The third-order valence-electron chi connectivity index (χ3n) is 2.44. The van der Waals surface area contributed by atoms with Gasteiger partial charge in [-0.2, -0.15) is 0 Å². The lowest BCUT2D eigenvalue weighted by Gasteiger charge is -2.11. The van der Waals surface area contributed by atoms with Gasteiger partial charge in [-0.25, -0.2) is 0 Å². The smallest absolute Gasteiger partial charge is 0.303 e. The normalized spacial score (nSPS) is 9.83. The first kappa shape index (κ1) is 13.8. The number of amides is 1. The van der Waals surface area contributed by atoms with Crippen molar-refractivity contribution in [1.82, 2.24) is 5.32 Å². The van der Waals surface area contributed by atoms with Crippen LogP contribution in [0.4, 0.5) is 5.69 Å². The predicted octanol–water partition coefficient (Wildman–Crippen LogP) is 1.53. The number of carbonyl (C=O) groups excluding carboxylic acids is 1. The number of carbonyl (C=O) groups is 2. The summed E-state index contributed by atoms with van der Waals surface area (Å²) in [6.45, 7) is 5.64. The first-order valence-electron chi connectivity index (χ1n) is 5.47. The molecule has 0 saturated heterocycles. The zero-order valence-corrected chi connectivity index (χ0v) is 10.2. The van der Waals surface area contributed by atoms with E-state index in [9.17, 15) is 9.59 Å². The van der Waals surface area contributed by atoms with Crippen LogP contribution < -0.4 is 11.1 Å². The molecule has 0 saturated carbocycles. The van der Waals surface area contributed by atoms with Crippen LogP contribution in [0.25, 0.3) is 5.70 Å². The number of nitrogens with two attached hydrogens (primary N) is 1. The average molecular weight is 248 g/mol. The molecule has 96 valence electrons. The molecule has 0 aliphatic carbocycles. The SMILES string of the molecule is C=C(NC(=O)CCC(=O)O)c1cc(N)ccc1C. The van der Waals surface area contributed by atoms with Gasteiger partial charge in [0.25, 0.3) is 0 Å². The third kappa shape index (κ3) is 3.93. The summed E-state index contributed by atoms with van der Waals surface area (Å²) in [5.41, 5.74) is 8.36. The van der Waals surface area contributed by atoms with Crippen molar-refractivity contribution < 1.29 is 14.7 Å². The van der Waals surface area contributed by atoms with Crippen molar-refractivity contribution in [2.75, 3.05) is 5.73 Å². The quantitative estimate of drug-likeness (QED) is 0.689. The Morgan fingerprint density at radius 3 is 2.67 bits per heavy atom. The van der Waals surface area contributed by atoms with Crippen LogP contribution in [0.5, 0.6) is 0 Å². The first-order valence-corrected chi connectivity index (χ1v) is 5.47. The van der Waals surface area contributed by atoms with Gasteiger partial charge in [0.05, 0.1) is 6.42 Å². The largest absolute Gasteiger partial charge is 0.481 e.